The Bertz CT molecular complexity index is 360. The van der Waals surface area contributed by atoms with Crippen molar-refractivity contribution in [2.75, 3.05) is 13.7 Å². The fraction of sp³-hybridized carbons (Fsp3) is 0.545. The van der Waals surface area contributed by atoms with Crippen LogP contribution >= 0.6 is 0 Å². The second-order valence-electron chi connectivity index (χ2n) is 4.09. The molecule has 88 valence electrons. The number of nitrogens with zero attached hydrogens (tertiary/aromatic N) is 2. The highest BCUT2D eigenvalue weighted by Gasteiger charge is 2.32. The second kappa shape index (κ2) is 5.03. The Kier molecular flexibility index (Phi) is 3.95. The number of aliphatic carboxylic acids is 1. The highest BCUT2D eigenvalue weighted by atomic mass is 16.5. The van der Waals surface area contributed by atoms with Crippen molar-refractivity contribution in [2.45, 2.75) is 25.7 Å². The standard InChI is InChI=1S/C11H16N2O3/c1-11(2,10(14)15)9-12-6-8(7-13-9)4-5-16-3/h6-7H,4-5H2,1-3H3,(H,14,15). The number of methoxy groups -OCH3 is 1. The summed E-state index contributed by atoms with van der Waals surface area (Å²) in [5.74, 6) is -0.613. The molecule has 1 N–H and O–H groups in total. The molecule has 0 unspecified atom stereocenters. The van der Waals surface area contributed by atoms with Gasteiger partial charge >= 0.3 is 5.97 Å². The first-order valence-corrected chi connectivity index (χ1v) is 5.02. The number of hydrogen-bond acceptors (Lipinski definition) is 4. The molecular formula is C11H16N2O3. The fourth-order valence-corrected chi connectivity index (χ4v) is 1.12. The zero-order valence-electron chi connectivity index (χ0n) is 9.73. The normalized spacial score (nSPS) is 11.4. The minimum absolute atomic E-state index is 0.321. The predicted molar refractivity (Wildman–Crippen MR) is 58.3 cm³/mol. The van der Waals surface area contributed by atoms with E-state index in [-0.39, 0.29) is 0 Å². The third-order valence-corrected chi connectivity index (χ3v) is 2.39. The summed E-state index contributed by atoms with van der Waals surface area (Å²) in [6.07, 6.45) is 4.02. The number of carboxylic acid groups (broad SMARTS) is 1. The van der Waals surface area contributed by atoms with E-state index in [0.29, 0.717) is 12.4 Å². The van der Waals surface area contributed by atoms with Crippen LogP contribution in [0.25, 0.3) is 0 Å². The van der Waals surface area contributed by atoms with E-state index in [0.717, 1.165) is 12.0 Å². The highest BCUT2D eigenvalue weighted by molar-refractivity contribution is 5.78. The molecule has 0 atom stereocenters. The summed E-state index contributed by atoms with van der Waals surface area (Å²) >= 11 is 0. The summed E-state index contributed by atoms with van der Waals surface area (Å²) in [5, 5.41) is 9.01. The molecular weight excluding hydrogens is 208 g/mol. The second-order valence-corrected chi connectivity index (χ2v) is 4.09. The van der Waals surface area contributed by atoms with E-state index < -0.39 is 11.4 Å². The molecule has 1 aromatic heterocycles. The van der Waals surface area contributed by atoms with Crippen molar-refractivity contribution >= 4 is 5.97 Å². The summed E-state index contributed by atoms with van der Waals surface area (Å²) in [7, 11) is 1.63. The van der Waals surface area contributed by atoms with Crippen molar-refractivity contribution in [2.24, 2.45) is 0 Å². The molecule has 0 aliphatic rings. The van der Waals surface area contributed by atoms with E-state index in [9.17, 15) is 4.79 Å². The largest absolute Gasteiger partial charge is 0.481 e. The Morgan fingerprint density at radius 1 is 1.44 bits per heavy atom. The van der Waals surface area contributed by atoms with Crippen LogP contribution in [-0.2, 0) is 21.4 Å². The molecule has 16 heavy (non-hydrogen) atoms. The van der Waals surface area contributed by atoms with Gasteiger partial charge in [0.2, 0.25) is 0 Å². The summed E-state index contributed by atoms with van der Waals surface area (Å²) in [5.41, 5.74) is -0.119. The van der Waals surface area contributed by atoms with E-state index in [1.165, 1.54) is 0 Å². The number of aromatic nitrogens is 2. The van der Waals surface area contributed by atoms with E-state index in [1.54, 1.807) is 33.4 Å². The van der Waals surface area contributed by atoms with Gasteiger partial charge in [-0.25, -0.2) is 9.97 Å². The zero-order chi connectivity index (χ0) is 12.2. The summed E-state index contributed by atoms with van der Waals surface area (Å²) < 4.78 is 4.93. The Balaban J connectivity index is 2.82. The minimum Gasteiger partial charge on any atom is -0.481 e. The molecule has 1 rings (SSSR count). The van der Waals surface area contributed by atoms with Crippen LogP contribution in [0.1, 0.15) is 25.2 Å². The number of carboxylic acids is 1. The average molecular weight is 224 g/mol. The van der Waals surface area contributed by atoms with Crippen molar-refractivity contribution < 1.29 is 14.6 Å². The number of ether oxygens (including phenoxy) is 1. The first-order valence-electron chi connectivity index (χ1n) is 5.02. The van der Waals surface area contributed by atoms with Crippen molar-refractivity contribution in [3.05, 3.63) is 23.8 Å². The van der Waals surface area contributed by atoms with Crippen LogP contribution in [0.4, 0.5) is 0 Å². The molecule has 0 radical (unpaired) electrons. The first-order chi connectivity index (χ1) is 7.48. The van der Waals surface area contributed by atoms with Crippen molar-refractivity contribution in [1.82, 2.24) is 9.97 Å². The molecule has 0 aliphatic heterocycles. The van der Waals surface area contributed by atoms with Gasteiger partial charge in [-0.3, -0.25) is 4.79 Å². The zero-order valence-corrected chi connectivity index (χ0v) is 9.73. The lowest BCUT2D eigenvalue weighted by molar-refractivity contribution is -0.142. The van der Waals surface area contributed by atoms with Crippen LogP contribution in [-0.4, -0.2) is 34.8 Å². The van der Waals surface area contributed by atoms with Crippen LogP contribution in [0.5, 0.6) is 0 Å². The van der Waals surface area contributed by atoms with Crippen LogP contribution in [0.3, 0.4) is 0 Å². The molecule has 5 nitrogen and oxygen atoms in total. The molecule has 0 bridgehead atoms. The van der Waals surface area contributed by atoms with Gasteiger partial charge in [0.15, 0.2) is 0 Å². The van der Waals surface area contributed by atoms with Gasteiger partial charge < -0.3 is 9.84 Å². The number of hydrogen-bond donors (Lipinski definition) is 1. The molecule has 0 saturated carbocycles. The van der Waals surface area contributed by atoms with Gasteiger partial charge in [-0.15, -0.1) is 0 Å². The molecule has 0 aliphatic carbocycles. The van der Waals surface area contributed by atoms with Crippen LogP contribution in [0, 0.1) is 0 Å². The maximum Gasteiger partial charge on any atom is 0.316 e. The maximum atomic E-state index is 11.0. The summed E-state index contributed by atoms with van der Waals surface area (Å²) in [6.45, 7) is 3.77. The topological polar surface area (TPSA) is 72.3 Å². The SMILES string of the molecule is COCCc1cnc(C(C)(C)C(=O)O)nc1. The Labute approximate surface area is 94.5 Å². The molecule has 1 heterocycles. The van der Waals surface area contributed by atoms with Crippen LogP contribution < -0.4 is 0 Å². The van der Waals surface area contributed by atoms with Gasteiger partial charge in [0.1, 0.15) is 11.2 Å². The molecule has 1 aromatic rings. The maximum absolute atomic E-state index is 11.0. The third kappa shape index (κ3) is 2.76. The van der Waals surface area contributed by atoms with Crippen LogP contribution in [0.2, 0.25) is 0 Å². The molecule has 0 fully saturated rings. The van der Waals surface area contributed by atoms with E-state index >= 15 is 0 Å². The number of rotatable bonds is 5. The molecule has 0 amide bonds. The summed E-state index contributed by atoms with van der Waals surface area (Å²) in [6, 6.07) is 0. The van der Waals surface area contributed by atoms with Gasteiger partial charge in [0, 0.05) is 19.5 Å². The minimum atomic E-state index is -1.06. The fourth-order valence-electron chi connectivity index (χ4n) is 1.12. The van der Waals surface area contributed by atoms with Crippen molar-refractivity contribution in [3.8, 4) is 0 Å². The van der Waals surface area contributed by atoms with Crippen molar-refractivity contribution in [1.29, 1.82) is 0 Å². The Hall–Kier alpha value is -1.49. The highest BCUT2D eigenvalue weighted by Crippen LogP contribution is 2.18. The third-order valence-electron chi connectivity index (χ3n) is 2.39. The van der Waals surface area contributed by atoms with E-state index in [1.807, 2.05) is 0 Å². The van der Waals surface area contributed by atoms with Gasteiger partial charge in [-0.05, 0) is 25.8 Å². The monoisotopic (exact) mass is 224 g/mol. The molecule has 0 aromatic carbocycles. The van der Waals surface area contributed by atoms with Gasteiger partial charge in [0.05, 0.1) is 6.61 Å². The van der Waals surface area contributed by atoms with Gasteiger partial charge in [-0.1, -0.05) is 0 Å². The lowest BCUT2D eigenvalue weighted by Crippen LogP contribution is -2.30. The van der Waals surface area contributed by atoms with E-state index in [2.05, 4.69) is 9.97 Å². The molecule has 5 heteroatoms. The Morgan fingerprint density at radius 3 is 2.44 bits per heavy atom. The molecule has 0 spiro atoms. The Morgan fingerprint density at radius 2 is 2.00 bits per heavy atom. The van der Waals surface area contributed by atoms with E-state index in [4.69, 9.17) is 9.84 Å². The number of carbonyl (C=O) groups is 1. The lowest BCUT2D eigenvalue weighted by Gasteiger charge is -2.16. The predicted octanol–water partition coefficient (Wildman–Crippen LogP) is 1.03. The smallest absolute Gasteiger partial charge is 0.316 e. The molecule has 0 saturated heterocycles. The van der Waals surface area contributed by atoms with Gasteiger partial charge in [-0.2, -0.15) is 0 Å². The van der Waals surface area contributed by atoms with Crippen LogP contribution in [0.15, 0.2) is 12.4 Å². The lowest BCUT2D eigenvalue weighted by atomic mass is 9.93. The summed E-state index contributed by atoms with van der Waals surface area (Å²) in [4.78, 5) is 19.1. The van der Waals surface area contributed by atoms with Gasteiger partial charge in [0.25, 0.3) is 0 Å². The quantitative estimate of drug-likeness (QED) is 0.808. The average Bonchev–Trinajstić information content (AvgIpc) is 2.26. The van der Waals surface area contributed by atoms with Crippen molar-refractivity contribution in [3.63, 3.8) is 0 Å². The first kappa shape index (κ1) is 12.6.